The molecule has 1 aromatic carbocycles. The summed E-state index contributed by atoms with van der Waals surface area (Å²) in [6.07, 6.45) is 4.69. The van der Waals surface area contributed by atoms with E-state index in [1.54, 1.807) is 12.1 Å². The van der Waals surface area contributed by atoms with Gasteiger partial charge in [0.05, 0.1) is 17.0 Å². The van der Waals surface area contributed by atoms with E-state index >= 15 is 0 Å². The Balaban J connectivity index is 1.50. The molecule has 1 saturated carbocycles. The second kappa shape index (κ2) is 8.35. The number of ether oxygens (including phenoxy) is 1. The molecule has 0 spiro atoms. The molecule has 138 valence electrons. The van der Waals surface area contributed by atoms with Crippen molar-refractivity contribution in [2.75, 3.05) is 17.7 Å². The molecular weight excluding hydrogens is 356 g/mol. The van der Waals surface area contributed by atoms with Gasteiger partial charge in [0.1, 0.15) is 0 Å². The number of fused-ring (bicyclic) bond motifs is 1. The third kappa shape index (κ3) is 4.63. The number of hydrogen-bond acceptors (Lipinski definition) is 6. The lowest BCUT2D eigenvalue weighted by Gasteiger charge is -2.20. The van der Waals surface area contributed by atoms with Crippen LogP contribution in [0.15, 0.2) is 23.1 Å². The van der Waals surface area contributed by atoms with Gasteiger partial charge in [0.25, 0.3) is 5.91 Å². The Hall–Kier alpha value is -2.35. The maximum atomic E-state index is 12.1. The van der Waals surface area contributed by atoms with E-state index in [0.717, 1.165) is 37.0 Å². The van der Waals surface area contributed by atoms with Crippen LogP contribution in [-0.2, 0) is 19.1 Å². The zero-order valence-corrected chi connectivity index (χ0v) is 15.0. The maximum absolute atomic E-state index is 12.1. The molecule has 0 radical (unpaired) electrons. The van der Waals surface area contributed by atoms with Gasteiger partial charge in [-0.1, -0.05) is 19.3 Å². The van der Waals surface area contributed by atoms with Gasteiger partial charge in [-0.15, -0.1) is 11.8 Å². The summed E-state index contributed by atoms with van der Waals surface area (Å²) in [5, 5.41) is 4.99. The van der Waals surface area contributed by atoms with Gasteiger partial charge in [0.2, 0.25) is 11.8 Å². The standard InChI is InChI=1S/C18H20N2O5S/c21-15(20-17(23)11-4-2-1-3-5-11)9-25-18(24)12-6-7-14-13(8-12)19-16(22)10-26-14/h6-8,11H,1-5,9-10H2,(H,19,22)(H,20,21,23). The van der Waals surface area contributed by atoms with E-state index in [0.29, 0.717) is 11.4 Å². The molecule has 0 aromatic heterocycles. The van der Waals surface area contributed by atoms with Crippen molar-refractivity contribution in [2.24, 2.45) is 5.92 Å². The van der Waals surface area contributed by atoms with Crippen molar-refractivity contribution in [1.29, 1.82) is 0 Å². The van der Waals surface area contributed by atoms with E-state index in [4.69, 9.17) is 4.74 Å². The van der Waals surface area contributed by atoms with E-state index in [1.807, 2.05) is 0 Å². The zero-order valence-electron chi connectivity index (χ0n) is 14.2. The van der Waals surface area contributed by atoms with Crippen LogP contribution in [0.3, 0.4) is 0 Å². The molecule has 1 fully saturated rings. The summed E-state index contributed by atoms with van der Waals surface area (Å²) in [7, 11) is 0. The minimum absolute atomic E-state index is 0.131. The Morgan fingerprint density at radius 1 is 1.19 bits per heavy atom. The molecule has 2 aliphatic rings. The molecule has 3 amide bonds. The smallest absolute Gasteiger partial charge is 0.338 e. The fourth-order valence-corrected chi connectivity index (χ4v) is 3.85. The van der Waals surface area contributed by atoms with Crippen LogP contribution in [0.1, 0.15) is 42.5 Å². The second-order valence-electron chi connectivity index (χ2n) is 6.37. The predicted octanol–water partition coefficient (Wildman–Crippen LogP) is 2.11. The molecule has 1 aliphatic carbocycles. The number of carbonyl (C=O) groups is 4. The Labute approximate surface area is 155 Å². The number of esters is 1. The lowest BCUT2D eigenvalue weighted by atomic mass is 9.89. The van der Waals surface area contributed by atoms with E-state index in [9.17, 15) is 19.2 Å². The molecule has 1 heterocycles. The zero-order chi connectivity index (χ0) is 18.5. The monoisotopic (exact) mass is 376 g/mol. The SMILES string of the molecule is O=C(COC(=O)c1ccc2c(c1)NC(=O)CS2)NC(=O)C1CCCCC1. The summed E-state index contributed by atoms with van der Waals surface area (Å²) in [6.45, 7) is -0.518. The number of anilines is 1. The highest BCUT2D eigenvalue weighted by atomic mass is 32.2. The molecule has 26 heavy (non-hydrogen) atoms. The highest BCUT2D eigenvalue weighted by Crippen LogP contribution is 2.32. The largest absolute Gasteiger partial charge is 0.452 e. The molecule has 2 N–H and O–H groups in total. The van der Waals surface area contributed by atoms with E-state index in [-0.39, 0.29) is 23.3 Å². The third-order valence-electron chi connectivity index (χ3n) is 4.42. The maximum Gasteiger partial charge on any atom is 0.338 e. The molecule has 0 saturated heterocycles. The summed E-state index contributed by atoms with van der Waals surface area (Å²) in [5.41, 5.74) is 0.788. The van der Waals surface area contributed by atoms with E-state index in [2.05, 4.69) is 10.6 Å². The number of amides is 3. The van der Waals surface area contributed by atoms with Crippen LogP contribution in [0, 0.1) is 5.92 Å². The first kappa shape index (κ1) is 18.4. The number of imide groups is 1. The second-order valence-corrected chi connectivity index (χ2v) is 7.39. The van der Waals surface area contributed by atoms with Crippen molar-refractivity contribution >= 4 is 41.1 Å². The molecule has 0 unspecified atom stereocenters. The quantitative estimate of drug-likeness (QED) is 0.781. The highest BCUT2D eigenvalue weighted by Gasteiger charge is 2.23. The number of rotatable bonds is 4. The number of carbonyl (C=O) groups excluding carboxylic acids is 4. The molecule has 0 bridgehead atoms. The van der Waals surface area contributed by atoms with Gasteiger partial charge in [-0.2, -0.15) is 0 Å². The average molecular weight is 376 g/mol. The molecular formula is C18H20N2O5S. The Morgan fingerprint density at radius 2 is 1.96 bits per heavy atom. The lowest BCUT2D eigenvalue weighted by Crippen LogP contribution is -2.38. The van der Waals surface area contributed by atoms with E-state index < -0.39 is 18.5 Å². The summed E-state index contributed by atoms with van der Waals surface area (Å²) < 4.78 is 4.97. The van der Waals surface area contributed by atoms with Crippen molar-refractivity contribution in [3.8, 4) is 0 Å². The van der Waals surface area contributed by atoms with Crippen LogP contribution in [0.5, 0.6) is 0 Å². The fourth-order valence-electron chi connectivity index (χ4n) is 3.06. The number of nitrogens with one attached hydrogen (secondary N) is 2. The van der Waals surface area contributed by atoms with Crippen molar-refractivity contribution in [3.63, 3.8) is 0 Å². The molecule has 1 aromatic rings. The van der Waals surface area contributed by atoms with Gasteiger partial charge in [0, 0.05) is 10.8 Å². The summed E-state index contributed by atoms with van der Waals surface area (Å²) >= 11 is 1.39. The van der Waals surface area contributed by atoms with Gasteiger partial charge in [0.15, 0.2) is 6.61 Å². The molecule has 7 nitrogen and oxygen atoms in total. The number of benzene rings is 1. The predicted molar refractivity (Wildman–Crippen MR) is 95.8 cm³/mol. The Kier molecular flexibility index (Phi) is 5.92. The van der Waals surface area contributed by atoms with Gasteiger partial charge in [-0.25, -0.2) is 4.79 Å². The minimum atomic E-state index is -0.683. The van der Waals surface area contributed by atoms with Gasteiger partial charge in [-0.05, 0) is 31.0 Å². The Bertz CT molecular complexity index is 743. The average Bonchev–Trinajstić information content (AvgIpc) is 2.66. The topological polar surface area (TPSA) is 102 Å². The molecule has 1 aliphatic heterocycles. The first-order chi connectivity index (χ1) is 12.5. The summed E-state index contributed by atoms with van der Waals surface area (Å²) in [6, 6.07) is 4.83. The van der Waals surface area contributed by atoms with Crippen molar-refractivity contribution in [2.45, 2.75) is 37.0 Å². The van der Waals surface area contributed by atoms with Crippen LogP contribution in [-0.4, -0.2) is 36.1 Å². The van der Waals surface area contributed by atoms with Crippen molar-refractivity contribution in [3.05, 3.63) is 23.8 Å². The molecule has 8 heteroatoms. The van der Waals surface area contributed by atoms with Crippen LogP contribution in [0.4, 0.5) is 5.69 Å². The van der Waals surface area contributed by atoms with Crippen molar-refractivity contribution in [1.82, 2.24) is 5.32 Å². The van der Waals surface area contributed by atoms with Crippen LogP contribution in [0.25, 0.3) is 0 Å². The van der Waals surface area contributed by atoms with Gasteiger partial charge in [-0.3, -0.25) is 19.7 Å². The highest BCUT2D eigenvalue weighted by molar-refractivity contribution is 8.00. The van der Waals surface area contributed by atoms with Gasteiger partial charge >= 0.3 is 5.97 Å². The first-order valence-corrected chi connectivity index (χ1v) is 9.59. The summed E-state index contributed by atoms with van der Waals surface area (Å²) in [4.78, 5) is 48.2. The van der Waals surface area contributed by atoms with E-state index in [1.165, 1.54) is 17.8 Å². The van der Waals surface area contributed by atoms with Gasteiger partial charge < -0.3 is 10.1 Å². The minimum Gasteiger partial charge on any atom is -0.452 e. The van der Waals surface area contributed by atoms with Crippen molar-refractivity contribution < 1.29 is 23.9 Å². The number of hydrogen-bond donors (Lipinski definition) is 2. The lowest BCUT2D eigenvalue weighted by molar-refractivity contribution is -0.135. The van der Waals surface area contributed by atoms with Crippen LogP contribution in [0.2, 0.25) is 0 Å². The summed E-state index contributed by atoms with van der Waals surface area (Å²) in [5.74, 6) is -1.53. The normalized spacial score (nSPS) is 17.0. The fraction of sp³-hybridized carbons (Fsp3) is 0.444. The number of thioether (sulfide) groups is 1. The third-order valence-corrected chi connectivity index (χ3v) is 5.49. The first-order valence-electron chi connectivity index (χ1n) is 8.60. The van der Waals surface area contributed by atoms with Crippen LogP contribution < -0.4 is 10.6 Å². The molecule has 3 rings (SSSR count). The van der Waals surface area contributed by atoms with Crippen LogP contribution >= 0.6 is 11.8 Å². The Morgan fingerprint density at radius 3 is 2.73 bits per heavy atom. The molecule has 0 atom stereocenters.